The van der Waals surface area contributed by atoms with E-state index in [0.717, 1.165) is 13.1 Å². The molecule has 11 heavy (non-hydrogen) atoms. The van der Waals surface area contributed by atoms with Crippen molar-refractivity contribution in [3.63, 3.8) is 0 Å². The zero-order valence-electron chi connectivity index (χ0n) is 7.09. The fourth-order valence-corrected chi connectivity index (χ4v) is 0.545. The number of carbonyl (C=O) groups excluding carboxylic acids is 1. The Morgan fingerprint density at radius 1 is 1.55 bits per heavy atom. The Bertz CT molecular complexity index is 132. The molecule has 0 fully saturated rings. The minimum atomic E-state index is -0.238. The number of ether oxygens (including phenoxy) is 1. The molecular weight excluding hydrogens is 142 g/mol. The third-order valence-corrected chi connectivity index (χ3v) is 1.06. The molecule has 0 atom stereocenters. The Labute approximate surface area is 67.4 Å². The number of esters is 1. The average Bonchev–Trinajstić information content (AvgIpc) is 1.96. The molecule has 0 rings (SSSR count). The maximum absolute atomic E-state index is 10.3. The van der Waals surface area contributed by atoms with Crippen LogP contribution in [-0.4, -0.2) is 25.7 Å². The molecule has 0 aromatic carbocycles. The van der Waals surface area contributed by atoms with Gasteiger partial charge in [-0.2, -0.15) is 0 Å². The molecule has 1 N–H and O–H groups in total. The van der Waals surface area contributed by atoms with Crippen molar-refractivity contribution < 1.29 is 9.53 Å². The van der Waals surface area contributed by atoms with Crippen molar-refractivity contribution in [3.05, 3.63) is 12.2 Å². The zero-order valence-corrected chi connectivity index (χ0v) is 7.09. The fraction of sp³-hybridized carbons (Fsp3) is 0.625. The number of carbonyl (C=O) groups is 1. The van der Waals surface area contributed by atoms with E-state index in [0.29, 0.717) is 6.61 Å². The molecule has 3 heteroatoms. The highest BCUT2D eigenvalue weighted by Crippen LogP contribution is 1.77. The number of hydrogen-bond donors (Lipinski definition) is 1. The van der Waals surface area contributed by atoms with Crippen molar-refractivity contribution in [3.8, 4) is 0 Å². The van der Waals surface area contributed by atoms with Crippen molar-refractivity contribution in [2.75, 3.05) is 19.7 Å². The van der Waals surface area contributed by atoms with Crippen LogP contribution < -0.4 is 5.32 Å². The average molecular weight is 157 g/mol. The highest BCUT2D eigenvalue weighted by molar-refractivity contribution is 5.65. The van der Waals surface area contributed by atoms with Gasteiger partial charge in [0.1, 0.15) is 6.61 Å². The Morgan fingerprint density at radius 2 is 2.27 bits per heavy atom. The Hall–Kier alpha value is -0.830. The van der Waals surface area contributed by atoms with Crippen LogP contribution in [0.1, 0.15) is 13.8 Å². The molecule has 0 aromatic heterocycles. The minimum Gasteiger partial charge on any atom is -0.462 e. The molecule has 0 aliphatic carbocycles. The van der Waals surface area contributed by atoms with Crippen LogP contribution in [0.2, 0.25) is 0 Å². The lowest BCUT2D eigenvalue weighted by atomic mass is 10.5. The molecule has 0 unspecified atom stereocenters. The molecule has 0 radical (unpaired) electrons. The second-order valence-corrected chi connectivity index (χ2v) is 2.08. The maximum atomic E-state index is 10.3. The van der Waals surface area contributed by atoms with E-state index in [9.17, 15) is 4.79 Å². The van der Waals surface area contributed by atoms with Gasteiger partial charge in [0.15, 0.2) is 0 Å². The van der Waals surface area contributed by atoms with E-state index in [1.807, 2.05) is 19.1 Å². The summed E-state index contributed by atoms with van der Waals surface area (Å²) in [5.74, 6) is -0.238. The van der Waals surface area contributed by atoms with Crippen molar-refractivity contribution >= 4 is 5.97 Å². The van der Waals surface area contributed by atoms with Crippen LogP contribution in [0.3, 0.4) is 0 Å². The molecule has 0 amide bonds. The summed E-state index contributed by atoms with van der Waals surface area (Å²) in [7, 11) is 0. The number of likely N-dealkylation sites (N-methyl/N-ethyl adjacent to an activating group) is 1. The van der Waals surface area contributed by atoms with Crippen LogP contribution >= 0.6 is 0 Å². The van der Waals surface area contributed by atoms with Gasteiger partial charge in [-0.25, -0.2) is 0 Å². The number of nitrogens with one attached hydrogen (secondary N) is 1. The van der Waals surface area contributed by atoms with E-state index >= 15 is 0 Å². The third kappa shape index (κ3) is 9.17. The second kappa shape index (κ2) is 7.28. The van der Waals surface area contributed by atoms with E-state index in [4.69, 9.17) is 0 Å². The van der Waals surface area contributed by atoms with Gasteiger partial charge in [-0.05, 0) is 12.6 Å². The van der Waals surface area contributed by atoms with E-state index in [1.165, 1.54) is 6.92 Å². The predicted molar refractivity (Wildman–Crippen MR) is 44.3 cm³/mol. The van der Waals surface area contributed by atoms with Crippen molar-refractivity contribution in [1.82, 2.24) is 5.32 Å². The predicted octanol–water partition coefficient (Wildman–Crippen LogP) is 0.715. The van der Waals surface area contributed by atoms with E-state index in [-0.39, 0.29) is 5.97 Å². The molecule has 0 saturated heterocycles. The summed E-state index contributed by atoms with van der Waals surface area (Å²) >= 11 is 0. The monoisotopic (exact) mass is 157 g/mol. The van der Waals surface area contributed by atoms with Gasteiger partial charge in [0.05, 0.1) is 0 Å². The summed E-state index contributed by atoms with van der Waals surface area (Å²) in [5, 5.41) is 3.11. The lowest BCUT2D eigenvalue weighted by molar-refractivity contribution is -0.139. The zero-order chi connectivity index (χ0) is 8.53. The van der Waals surface area contributed by atoms with Gasteiger partial charge in [-0.1, -0.05) is 13.0 Å². The van der Waals surface area contributed by atoms with Crippen LogP contribution in [0, 0.1) is 0 Å². The number of rotatable bonds is 5. The van der Waals surface area contributed by atoms with Crippen LogP contribution in [0.15, 0.2) is 12.2 Å². The van der Waals surface area contributed by atoms with Gasteiger partial charge in [-0.15, -0.1) is 0 Å². The minimum absolute atomic E-state index is 0.238. The van der Waals surface area contributed by atoms with Crippen LogP contribution in [0.4, 0.5) is 0 Å². The Kier molecular flexibility index (Phi) is 6.73. The normalized spacial score (nSPS) is 10.4. The molecule has 0 spiro atoms. The molecule has 0 aliphatic heterocycles. The summed E-state index contributed by atoms with van der Waals surface area (Å²) in [4.78, 5) is 10.3. The third-order valence-electron chi connectivity index (χ3n) is 1.06. The molecule has 64 valence electrons. The molecule has 0 heterocycles. The summed E-state index contributed by atoms with van der Waals surface area (Å²) in [6, 6.07) is 0. The van der Waals surface area contributed by atoms with Crippen molar-refractivity contribution in [1.29, 1.82) is 0 Å². The first-order valence-electron chi connectivity index (χ1n) is 3.76. The van der Waals surface area contributed by atoms with E-state index < -0.39 is 0 Å². The topological polar surface area (TPSA) is 38.3 Å². The summed E-state index contributed by atoms with van der Waals surface area (Å²) in [6.07, 6.45) is 3.76. The fourth-order valence-electron chi connectivity index (χ4n) is 0.545. The van der Waals surface area contributed by atoms with Gasteiger partial charge in [0.25, 0.3) is 0 Å². The largest absolute Gasteiger partial charge is 0.462 e. The van der Waals surface area contributed by atoms with Gasteiger partial charge < -0.3 is 10.1 Å². The summed E-state index contributed by atoms with van der Waals surface area (Å²) < 4.78 is 4.67. The smallest absolute Gasteiger partial charge is 0.302 e. The SMILES string of the molecule is CCNC/C=C\COC(C)=O. The Balaban J connectivity index is 3.10. The first-order valence-corrected chi connectivity index (χ1v) is 3.76. The first kappa shape index (κ1) is 10.2. The Morgan fingerprint density at radius 3 is 2.82 bits per heavy atom. The molecule has 0 saturated carbocycles. The van der Waals surface area contributed by atoms with Crippen LogP contribution in [0.25, 0.3) is 0 Å². The van der Waals surface area contributed by atoms with E-state index in [1.54, 1.807) is 0 Å². The van der Waals surface area contributed by atoms with Crippen molar-refractivity contribution in [2.45, 2.75) is 13.8 Å². The van der Waals surface area contributed by atoms with Gasteiger partial charge in [0.2, 0.25) is 0 Å². The van der Waals surface area contributed by atoms with Gasteiger partial charge in [-0.3, -0.25) is 4.79 Å². The summed E-state index contributed by atoms with van der Waals surface area (Å²) in [6.45, 7) is 5.61. The summed E-state index contributed by atoms with van der Waals surface area (Å²) in [5.41, 5.74) is 0. The van der Waals surface area contributed by atoms with Crippen molar-refractivity contribution in [2.24, 2.45) is 0 Å². The second-order valence-electron chi connectivity index (χ2n) is 2.08. The van der Waals surface area contributed by atoms with Gasteiger partial charge >= 0.3 is 5.97 Å². The lowest BCUT2D eigenvalue weighted by Crippen LogP contribution is -2.11. The lowest BCUT2D eigenvalue weighted by Gasteiger charge is -1.95. The molecule has 0 aromatic rings. The standard InChI is InChI=1S/C8H15NO2/c1-3-9-6-4-5-7-11-8(2)10/h4-5,9H,3,6-7H2,1-2H3/b5-4-. The number of hydrogen-bond acceptors (Lipinski definition) is 3. The van der Waals surface area contributed by atoms with E-state index in [2.05, 4.69) is 10.1 Å². The quantitative estimate of drug-likeness (QED) is 0.363. The highest BCUT2D eigenvalue weighted by atomic mass is 16.5. The first-order chi connectivity index (χ1) is 5.27. The highest BCUT2D eigenvalue weighted by Gasteiger charge is 1.85. The molecule has 3 nitrogen and oxygen atoms in total. The maximum Gasteiger partial charge on any atom is 0.302 e. The van der Waals surface area contributed by atoms with Gasteiger partial charge in [0, 0.05) is 13.5 Å². The van der Waals surface area contributed by atoms with Crippen LogP contribution in [0.5, 0.6) is 0 Å². The molecule has 0 bridgehead atoms. The van der Waals surface area contributed by atoms with Crippen LogP contribution in [-0.2, 0) is 9.53 Å². The molecule has 0 aliphatic rings. The molecular formula is C8H15NO2.